The normalized spacial score (nSPS) is 17.6. The summed E-state index contributed by atoms with van der Waals surface area (Å²) in [6, 6.07) is 8.56. The van der Waals surface area contributed by atoms with Gasteiger partial charge in [-0.15, -0.1) is 0 Å². The Balaban J connectivity index is -0.00000103. The molecule has 1 aromatic carbocycles. The third-order valence-electron chi connectivity index (χ3n) is 3.88. The molecule has 5 nitrogen and oxygen atoms in total. The van der Waals surface area contributed by atoms with Crippen LogP contribution in [0.5, 0.6) is 0 Å². The van der Waals surface area contributed by atoms with E-state index < -0.39 is 16.6 Å². The molecule has 2 rings (SSSR count). The molecule has 0 radical (unpaired) electrons. The minimum atomic E-state index is -1.69. The van der Waals surface area contributed by atoms with E-state index in [2.05, 4.69) is 97.3 Å². The summed E-state index contributed by atoms with van der Waals surface area (Å²) in [6.45, 7) is 31.4. The van der Waals surface area contributed by atoms with Gasteiger partial charge in [0.1, 0.15) is 11.5 Å². The summed E-state index contributed by atoms with van der Waals surface area (Å²) >= 11 is 0. The topological polar surface area (TPSA) is 78.2 Å². The Morgan fingerprint density at radius 2 is 0.903 bits per heavy atom. The number of rotatable bonds is 4. The molecule has 0 fully saturated rings. The Bertz CT molecular complexity index is 736. The van der Waals surface area contributed by atoms with Crippen LogP contribution in [0.4, 0.5) is 0 Å². The van der Waals surface area contributed by atoms with Crippen LogP contribution in [0.2, 0.25) is 39.3 Å². The molecule has 31 heavy (non-hydrogen) atoms. The summed E-state index contributed by atoms with van der Waals surface area (Å²) in [7, 11) is -3.37. The van der Waals surface area contributed by atoms with E-state index in [9.17, 15) is 0 Å². The summed E-state index contributed by atoms with van der Waals surface area (Å²) in [6.07, 6.45) is 2.05. The first kappa shape index (κ1) is 34.1. The molecular weight excluding hydrogens is 464 g/mol. The quantitative estimate of drug-likeness (QED) is 0.270. The van der Waals surface area contributed by atoms with Crippen molar-refractivity contribution in [3.63, 3.8) is 0 Å². The summed E-state index contributed by atoms with van der Waals surface area (Å²) in [5, 5.41) is 0. The molecule has 162 valence electrons. The fourth-order valence-electron chi connectivity index (χ4n) is 2.84. The minimum Gasteiger partial charge on any atom is 6.00 e. The second kappa shape index (κ2) is 16.2. The first-order chi connectivity index (χ1) is 14.0. The van der Waals surface area contributed by atoms with E-state index >= 15 is 0 Å². The van der Waals surface area contributed by atoms with Crippen molar-refractivity contribution in [1.29, 1.82) is 0 Å². The average Bonchev–Trinajstić information content (AvgIpc) is 2.71. The van der Waals surface area contributed by atoms with Gasteiger partial charge >= 0.3 is 51.3 Å². The number of benzene rings is 1. The molecule has 0 bridgehead atoms. The molecule has 1 aliphatic rings. The Hall–Kier alpha value is -1.51. The van der Waals surface area contributed by atoms with Crippen LogP contribution >= 0.6 is 0 Å². The third kappa shape index (κ3) is 12.2. The molecule has 0 unspecified atom stereocenters. The Labute approximate surface area is 200 Å². The van der Waals surface area contributed by atoms with E-state index in [1.807, 2.05) is 0 Å². The van der Waals surface area contributed by atoms with Crippen LogP contribution in [0, 0.1) is 20.0 Å². The Morgan fingerprint density at radius 1 is 0.645 bits per heavy atom. The van der Waals surface area contributed by atoms with Gasteiger partial charge in [0.2, 0.25) is 16.6 Å². The number of hydrogen-bond acceptors (Lipinski definition) is 2. The molecule has 8 heteroatoms. The molecule has 0 spiro atoms. The third-order valence-corrected chi connectivity index (χ3v) is 5.52. The van der Waals surface area contributed by atoms with Crippen molar-refractivity contribution in [3.8, 4) is 0 Å². The van der Waals surface area contributed by atoms with Crippen molar-refractivity contribution in [2.24, 2.45) is 0 Å². The van der Waals surface area contributed by atoms with Gasteiger partial charge in [0.15, 0.2) is 0 Å². The maximum atomic E-state index is 7.50. The molecule has 0 heterocycles. The summed E-state index contributed by atoms with van der Waals surface area (Å²) in [5.74, 6) is 2.16. The second-order valence-electron chi connectivity index (χ2n) is 8.69. The van der Waals surface area contributed by atoms with Crippen LogP contribution in [0.25, 0.3) is 11.5 Å². The van der Waals surface area contributed by atoms with Gasteiger partial charge in [-0.25, -0.2) is 0 Å². The largest absolute Gasteiger partial charge is 6.00 e. The zero-order valence-electron chi connectivity index (χ0n) is 19.7. The van der Waals surface area contributed by atoms with Gasteiger partial charge in [-0.3, -0.25) is 0 Å². The fraction of sp³-hybridized carbons (Fsp3) is 0.435. The number of fused-ring (bicyclic) bond motifs is 1. The van der Waals surface area contributed by atoms with Gasteiger partial charge in [0.25, 0.3) is 0 Å². The van der Waals surface area contributed by atoms with Crippen LogP contribution in [0.3, 0.4) is 0 Å². The van der Waals surface area contributed by atoms with Crippen LogP contribution in [-0.2, 0) is 40.2 Å². The standard InChI is InChI=1S/C20H32O2Si2.3CO.Cr/c1-15-13-14-16(2)20(22-24(6,7)8)18-12-10-9-11-17(18)19(15)21-23(3,4)5;3*1-2;/h9-12H,13-14H2,1-8H3;;;;/q;;;;+6/b19-15+,20-16+;;;;. The van der Waals surface area contributed by atoms with Crippen LogP contribution in [-0.4, -0.2) is 16.6 Å². The molecule has 0 aromatic heterocycles. The van der Waals surface area contributed by atoms with E-state index in [1.165, 1.54) is 22.3 Å². The predicted octanol–water partition coefficient (Wildman–Crippen LogP) is 6.53. The molecule has 0 amide bonds. The van der Waals surface area contributed by atoms with Crippen molar-refractivity contribution >= 4 is 28.2 Å². The minimum absolute atomic E-state index is 0. The van der Waals surface area contributed by atoms with Gasteiger partial charge in [-0.1, -0.05) is 24.3 Å². The maximum absolute atomic E-state index is 7.50. The maximum Gasteiger partial charge on any atom is 6.00 e. The monoisotopic (exact) mass is 496 g/mol. The van der Waals surface area contributed by atoms with E-state index in [4.69, 9.17) is 22.8 Å². The molecule has 0 N–H and O–H groups in total. The zero-order chi connectivity index (χ0) is 24.1. The van der Waals surface area contributed by atoms with E-state index in [-0.39, 0.29) is 17.4 Å². The number of hydrogen-bond donors (Lipinski definition) is 0. The van der Waals surface area contributed by atoms with Gasteiger partial charge in [0.05, 0.1) is 0 Å². The molecule has 1 aliphatic carbocycles. The van der Waals surface area contributed by atoms with Gasteiger partial charge < -0.3 is 8.85 Å². The molecule has 0 atom stereocenters. The molecular formula is C23H32CrO5Si2+6. The summed E-state index contributed by atoms with van der Waals surface area (Å²) in [4.78, 5) is 0. The number of allylic oxidation sites excluding steroid dienone is 2. The van der Waals surface area contributed by atoms with Crippen molar-refractivity contribution in [1.82, 2.24) is 0 Å². The predicted molar refractivity (Wildman–Crippen MR) is 122 cm³/mol. The van der Waals surface area contributed by atoms with Gasteiger partial charge in [-0.2, -0.15) is 0 Å². The molecule has 0 saturated heterocycles. The first-order valence-corrected chi connectivity index (χ1v) is 16.3. The smallest absolute Gasteiger partial charge is 6.00 e. The van der Waals surface area contributed by atoms with Gasteiger partial charge in [-0.05, 0) is 77.1 Å². The average molecular weight is 497 g/mol. The summed E-state index contributed by atoms with van der Waals surface area (Å²) < 4.78 is 35.5. The SMILES string of the molecule is C/C1=C(\O[Si](C)(C)C)c2ccccc2/C(O[Si](C)(C)C)=C(/C)CC1.[C-]#[O+].[C-]#[O+].[C-]#[O+].[Cr+6]. The van der Waals surface area contributed by atoms with Crippen LogP contribution in [0.15, 0.2) is 35.4 Å². The Morgan fingerprint density at radius 3 is 1.13 bits per heavy atom. The van der Waals surface area contributed by atoms with Crippen molar-refractivity contribution < 1.29 is 40.2 Å². The molecule has 0 saturated carbocycles. The Kier molecular flexibility index (Phi) is 17.8. The molecule has 0 aliphatic heterocycles. The zero-order valence-corrected chi connectivity index (χ0v) is 22.9. The summed E-state index contributed by atoms with van der Waals surface area (Å²) in [5.41, 5.74) is 5.06. The van der Waals surface area contributed by atoms with E-state index in [1.54, 1.807) is 0 Å². The van der Waals surface area contributed by atoms with Crippen molar-refractivity contribution in [2.45, 2.75) is 66.0 Å². The van der Waals surface area contributed by atoms with Crippen molar-refractivity contribution in [2.75, 3.05) is 0 Å². The molecule has 1 aromatic rings. The van der Waals surface area contributed by atoms with Crippen molar-refractivity contribution in [3.05, 3.63) is 66.5 Å². The fourth-order valence-corrected chi connectivity index (χ4v) is 4.63. The van der Waals surface area contributed by atoms with Crippen LogP contribution < -0.4 is 0 Å². The van der Waals surface area contributed by atoms with Crippen LogP contribution in [0.1, 0.15) is 37.8 Å². The first-order valence-electron chi connectivity index (χ1n) is 9.46. The van der Waals surface area contributed by atoms with E-state index in [0.717, 1.165) is 24.4 Å². The second-order valence-corrected chi connectivity index (χ2v) is 17.6. The van der Waals surface area contributed by atoms with Gasteiger partial charge in [0, 0.05) is 11.1 Å². The van der Waals surface area contributed by atoms with E-state index in [0.29, 0.717) is 0 Å².